The Balaban J connectivity index is 1.15. The SMILES string of the molecule is c1ccc(-c2ccc(-c3c4ccccc4c(-c4ccc5c(c4)sc4c5ccc5oc6ccc7ccccc7c6c54)c4ccccc34)cc2)cc1. The normalized spacial score (nSPS) is 12.0. The number of hydrogen-bond acceptors (Lipinski definition) is 2. The summed E-state index contributed by atoms with van der Waals surface area (Å²) < 4.78 is 9.01. The average Bonchev–Trinajstić information content (AvgIpc) is 3.75. The van der Waals surface area contributed by atoms with Crippen LogP contribution in [0.15, 0.2) is 174 Å². The number of rotatable bonds is 3. The van der Waals surface area contributed by atoms with Crippen molar-refractivity contribution in [3.8, 4) is 33.4 Å². The molecule has 2 heteroatoms. The van der Waals surface area contributed by atoms with Crippen LogP contribution in [0.2, 0.25) is 0 Å². The second-order valence-corrected chi connectivity index (χ2v) is 14.2. The molecular formula is C48H28OS. The van der Waals surface area contributed by atoms with Crippen LogP contribution in [0.4, 0.5) is 0 Å². The third-order valence-electron chi connectivity index (χ3n) is 10.5. The van der Waals surface area contributed by atoms with E-state index in [2.05, 4.69) is 170 Å². The molecule has 0 aliphatic carbocycles. The van der Waals surface area contributed by atoms with E-state index >= 15 is 0 Å². The first-order chi connectivity index (χ1) is 24.8. The quantitative estimate of drug-likeness (QED) is 0.173. The smallest absolute Gasteiger partial charge is 0.136 e. The van der Waals surface area contributed by atoms with Crippen molar-refractivity contribution >= 4 is 85.8 Å². The molecule has 11 rings (SSSR count). The zero-order valence-corrected chi connectivity index (χ0v) is 27.8. The molecular weight excluding hydrogens is 625 g/mol. The van der Waals surface area contributed by atoms with Gasteiger partial charge in [-0.3, -0.25) is 0 Å². The summed E-state index contributed by atoms with van der Waals surface area (Å²) in [6, 6.07) is 61.9. The highest BCUT2D eigenvalue weighted by atomic mass is 32.1. The van der Waals surface area contributed by atoms with Gasteiger partial charge in [-0.05, 0) is 90.0 Å². The van der Waals surface area contributed by atoms with Gasteiger partial charge in [-0.2, -0.15) is 0 Å². The Hall–Kier alpha value is -6.22. The highest BCUT2D eigenvalue weighted by Crippen LogP contribution is 2.48. The van der Waals surface area contributed by atoms with Gasteiger partial charge in [-0.1, -0.05) is 146 Å². The van der Waals surface area contributed by atoms with E-state index in [1.807, 2.05) is 11.3 Å². The molecule has 2 aromatic heterocycles. The standard InChI is InChI=1S/C48H28OS/c1-2-10-29(11-3-1)30-18-20-32(21-19-30)44-36-14-6-8-16-38(36)45(39-17-9-7-15-37(39)44)33-22-24-35-40-25-27-42-47(48(40)50-43(35)28-33)46-34-13-5-4-12-31(34)23-26-41(46)49-42/h1-28H. The fraction of sp³-hybridized carbons (Fsp3) is 0. The van der Waals surface area contributed by atoms with Gasteiger partial charge in [0.25, 0.3) is 0 Å². The molecule has 11 aromatic rings. The Morgan fingerprint density at radius 1 is 0.340 bits per heavy atom. The first kappa shape index (κ1) is 27.7. The van der Waals surface area contributed by atoms with E-state index in [0.717, 1.165) is 11.2 Å². The predicted octanol–water partition coefficient (Wildman–Crippen LogP) is 14.4. The molecule has 0 aliphatic heterocycles. The summed E-state index contributed by atoms with van der Waals surface area (Å²) >= 11 is 1.88. The van der Waals surface area contributed by atoms with E-state index in [-0.39, 0.29) is 0 Å². The molecule has 0 atom stereocenters. The minimum atomic E-state index is 0.942. The van der Waals surface area contributed by atoms with Gasteiger partial charge in [0.2, 0.25) is 0 Å². The molecule has 0 N–H and O–H groups in total. The lowest BCUT2D eigenvalue weighted by Gasteiger charge is -2.18. The monoisotopic (exact) mass is 652 g/mol. The first-order valence-electron chi connectivity index (χ1n) is 17.1. The van der Waals surface area contributed by atoms with Crippen LogP contribution in [0.1, 0.15) is 0 Å². The van der Waals surface area contributed by atoms with Crippen molar-refractivity contribution in [2.45, 2.75) is 0 Å². The summed E-state index contributed by atoms with van der Waals surface area (Å²) in [4.78, 5) is 0. The van der Waals surface area contributed by atoms with Crippen molar-refractivity contribution < 1.29 is 4.42 Å². The summed E-state index contributed by atoms with van der Waals surface area (Å²) in [7, 11) is 0. The van der Waals surface area contributed by atoms with Gasteiger partial charge in [0, 0.05) is 30.9 Å². The fourth-order valence-electron chi connectivity index (χ4n) is 8.22. The van der Waals surface area contributed by atoms with Crippen molar-refractivity contribution in [2.24, 2.45) is 0 Å². The fourth-order valence-corrected chi connectivity index (χ4v) is 9.51. The largest absolute Gasteiger partial charge is 0.456 e. The van der Waals surface area contributed by atoms with E-state index in [1.54, 1.807) is 0 Å². The maximum Gasteiger partial charge on any atom is 0.136 e. The lowest BCUT2D eigenvalue weighted by molar-refractivity contribution is 0.669. The molecule has 0 amide bonds. The molecule has 50 heavy (non-hydrogen) atoms. The Labute approximate surface area is 292 Å². The van der Waals surface area contributed by atoms with Gasteiger partial charge in [0.15, 0.2) is 0 Å². The maximum absolute atomic E-state index is 6.44. The van der Waals surface area contributed by atoms with Crippen LogP contribution >= 0.6 is 11.3 Å². The van der Waals surface area contributed by atoms with Gasteiger partial charge in [0.1, 0.15) is 11.2 Å². The Morgan fingerprint density at radius 2 is 0.860 bits per heavy atom. The van der Waals surface area contributed by atoms with Crippen molar-refractivity contribution in [2.75, 3.05) is 0 Å². The van der Waals surface area contributed by atoms with Gasteiger partial charge in [0.05, 0.1) is 0 Å². The number of fused-ring (bicyclic) bond motifs is 11. The second-order valence-electron chi connectivity index (χ2n) is 13.2. The minimum absolute atomic E-state index is 0.942. The van der Waals surface area contributed by atoms with E-state index in [9.17, 15) is 0 Å². The molecule has 0 radical (unpaired) electrons. The van der Waals surface area contributed by atoms with E-state index < -0.39 is 0 Å². The molecule has 232 valence electrons. The van der Waals surface area contributed by atoms with Gasteiger partial charge >= 0.3 is 0 Å². The van der Waals surface area contributed by atoms with Crippen LogP contribution in [0, 0.1) is 0 Å². The van der Waals surface area contributed by atoms with Crippen molar-refractivity contribution in [3.05, 3.63) is 170 Å². The van der Waals surface area contributed by atoms with Crippen LogP contribution in [0.3, 0.4) is 0 Å². The maximum atomic E-state index is 6.44. The lowest BCUT2D eigenvalue weighted by atomic mass is 9.85. The van der Waals surface area contributed by atoms with Gasteiger partial charge < -0.3 is 4.42 Å². The number of hydrogen-bond donors (Lipinski definition) is 0. The van der Waals surface area contributed by atoms with Crippen LogP contribution < -0.4 is 0 Å². The molecule has 1 nitrogen and oxygen atoms in total. The topological polar surface area (TPSA) is 13.1 Å². The summed E-state index contributed by atoms with van der Waals surface area (Å²) in [5.41, 5.74) is 9.38. The van der Waals surface area contributed by atoms with Crippen LogP contribution in [0.5, 0.6) is 0 Å². The molecule has 0 fully saturated rings. The molecule has 0 aliphatic rings. The van der Waals surface area contributed by atoms with Gasteiger partial charge in [-0.25, -0.2) is 0 Å². The third-order valence-corrected chi connectivity index (χ3v) is 11.7. The van der Waals surface area contributed by atoms with Crippen LogP contribution in [-0.4, -0.2) is 0 Å². The number of thiophene rings is 1. The zero-order chi connectivity index (χ0) is 32.8. The highest BCUT2D eigenvalue weighted by Gasteiger charge is 2.20. The zero-order valence-electron chi connectivity index (χ0n) is 27.0. The molecule has 0 saturated heterocycles. The van der Waals surface area contributed by atoms with E-state index in [0.29, 0.717) is 0 Å². The summed E-state index contributed by atoms with van der Waals surface area (Å²) in [6.07, 6.45) is 0. The summed E-state index contributed by atoms with van der Waals surface area (Å²) in [6.45, 7) is 0. The highest BCUT2D eigenvalue weighted by molar-refractivity contribution is 7.26. The molecule has 0 saturated carbocycles. The lowest BCUT2D eigenvalue weighted by Crippen LogP contribution is -1.90. The average molecular weight is 653 g/mol. The number of furan rings is 1. The van der Waals surface area contributed by atoms with Gasteiger partial charge in [-0.15, -0.1) is 11.3 Å². The molecule has 0 unspecified atom stereocenters. The van der Waals surface area contributed by atoms with Crippen LogP contribution in [-0.2, 0) is 0 Å². The Bertz CT molecular complexity index is 3070. The molecule has 2 heterocycles. The van der Waals surface area contributed by atoms with Crippen LogP contribution in [0.25, 0.3) is 108 Å². The van der Waals surface area contributed by atoms with E-state index in [4.69, 9.17) is 4.42 Å². The predicted molar refractivity (Wildman–Crippen MR) is 215 cm³/mol. The molecule has 0 bridgehead atoms. The third kappa shape index (κ3) is 4.00. The van der Waals surface area contributed by atoms with E-state index in [1.165, 1.54) is 96.6 Å². The summed E-state index contributed by atoms with van der Waals surface area (Å²) in [5.74, 6) is 0. The second kappa shape index (κ2) is 10.6. The first-order valence-corrected chi connectivity index (χ1v) is 17.9. The summed E-state index contributed by atoms with van der Waals surface area (Å²) in [5, 5.41) is 12.5. The van der Waals surface area contributed by atoms with Crippen molar-refractivity contribution in [1.82, 2.24) is 0 Å². The Kier molecular flexibility index (Phi) is 5.89. The van der Waals surface area contributed by atoms with Crippen molar-refractivity contribution in [1.29, 1.82) is 0 Å². The minimum Gasteiger partial charge on any atom is -0.456 e. The molecule has 9 aromatic carbocycles. The van der Waals surface area contributed by atoms with Crippen molar-refractivity contribution in [3.63, 3.8) is 0 Å². The Morgan fingerprint density at radius 3 is 1.58 bits per heavy atom. The number of benzene rings is 9. The molecule has 0 spiro atoms.